The largest absolute Gasteiger partial charge is 0.497 e. The van der Waals surface area contributed by atoms with Crippen LogP contribution in [0.2, 0.25) is 0 Å². The van der Waals surface area contributed by atoms with Crippen molar-refractivity contribution < 1.29 is 4.74 Å². The summed E-state index contributed by atoms with van der Waals surface area (Å²) in [5, 5.41) is 2.08. The Kier molecular flexibility index (Phi) is 3.28. The van der Waals surface area contributed by atoms with E-state index in [1.807, 2.05) is 30.5 Å². The molecule has 0 aliphatic carbocycles. The minimum Gasteiger partial charge on any atom is -0.497 e. The standard InChI is InChI=1S/C11H11NOS2/c1-13-9-5-3-8(4-6-9)10-7-15-11(12-10)14-2/h3-7H,1-2H3. The van der Waals surface area contributed by atoms with Crippen LogP contribution in [0.15, 0.2) is 34.0 Å². The van der Waals surface area contributed by atoms with Gasteiger partial charge >= 0.3 is 0 Å². The van der Waals surface area contributed by atoms with Crippen molar-refractivity contribution >= 4 is 23.1 Å². The van der Waals surface area contributed by atoms with Crippen LogP contribution in [0.25, 0.3) is 11.3 Å². The molecule has 0 atom stereocenters. The van der Waals surface area contributed by atoms with Gasteiger partial charge in [0.1, 0.15) is 10.1 Å². The Hall–Kier alpha value is -1.00. The van der Waals surface area contributed by atoms with Gasteiger partial charge in [-0.05, 0) is 30.5 Å². The maximum absolute atomic E-state index is 5.11. The molecule has 4 heteroatoms. The number of hydrogen-bond donors (Lipinski definition) is 0. The lowest BCUT2D eigenvalue weighted by molar-refractivity contribution is 0.415. The van der Waals surface area contributed by atoms with E-state index in [0.717, 1.165) is 21.3 Å². The van der Waals surface area contributed by atoms with Crippen molar-refractivity contribution in [3.63, 3.8) is 0 Å². The number of ether oxygens (including phenoxy) is 1. The number of nitrogens with zero attached hydrogens (tertiary/aromatic N) is 1. The third-order valence-electron chi connectivity index (χ3n) is 2.04. The predicted octanol–water partition coefficient (Wildman–Crippen LogP) is 3.54. The van der Waals surface area contributed by atoms with Crippen molar-refractivity contribution in [1.29, 1.82) is 0 Å². The van der Waals surface area contributed by atoms with Crippen LogP contribution in [-0.4, -0.2) is 18.3 Å². The quantitative estimate of drug-likeness (QED) is 0.762. The van der Waals surface area contributed by atoms with Gasteiger partial charge in [0.15, 0.2) is 0 Å². The summed E-state index contributed by atoms with van der Waals surface area (Å²) >= 11 is 3.35. The maximum Gasteiger partial charge on any atom is 0.150 e. The summed E-state index contributed by atoms with van der Waals surface area (Å²) in [6, 6.07) is 7.96. The topological polar surface area (TPSA) is 22.1 Å². The van der Waals surface area contributed by atoms with Crippen molar-refractivity contribution in [2.24, 2.45) is 0 Å². The van der Waals surface area contributed by atoms with E-state index in [1.165, 1.54) is 0 Å². The van der Waals surface area contributed by atoms with Crippen molar-refractivity contribution in [3.8, 4) is 17.0 Å². The molecule has 1 aromatic heterocycles. The molecule has 0 aliphatic heterocycles. The zero-order chi connectivity index (χ0) is 10.7. The molecule has 0 unspecified atom stereocenters. The molecular formula is C11H11NOS2. The van der Waals surface area contributed by atoms with E-state index < -0.39 is 0 Å². The summed E-state index contributed by atoms with van der Waals surface area (Å²) < 4.78 is 6.21. The van der Waals surface area contributed by atoms with E-state index in [0.29, 0.717) is 0 Å². The molecule has 78 valence electrons. The molecule has 2 nitrogen and oxygen atoms in total. The molecule has 0 radical (unpaired) electrons. The van der Waals surface area contributed by atoms with Crippen LogP contribution in [0.3, 0.4) is 0 Å². The molecule has 0 saturated heterocycles. The fourth-order valence-electron chi connectivity index (χ4n) is 1.25. The summed E-state index contributed by atoms with van der Waals surface area (Å²) in [4.78, 5) is 4.50. The minimum atomic E-state index is 0.874. The predicted molar refractivity (Wildman–Crippen MR) is 65.9 cm³/mol. The number of benzene rings is 1. The Bertz CT molecular complexity index is 436. The van der Waals surface area contributed by atoms with Gasteiger partial charge in [0.2, 0.25) is 0 Å². The molecule has 0 aliphatic rings. The zero-order valence-corrected chi connectivity index (χ0v) is 10.2. The fourth-order valence-corrected chi connectivity index (χ4v) is 2.52. The Balaban J connectivity index is 2.28. The number of thioether (sulfide) groups is 1. The lowest BCUT2D eigenvalue weighted by Gasteiger charge is -2.00. The van der Waals surface area contributed by atoms with Gasteiger partial charge in [0.05, 0.1) is 12.8 Å². The van der Waals surface area contributed by atoms with Crippen molar-refractivity contribution in [2.45, 2.75) is 4.34 Å². The van der Waals surface area contributed by atoms with E-state index in [2.05, 4.69) is 10.4 Å². The third-order valence-corrected chi connectivity index (χ3v) is 3.91. The number of rotatable bonds is 3. The monoisotopic (exact) mass is 237 g/mol. The van der Waals surface area contributed by atoms with E-state index in [9.17, 15) is 0 Å². The number of hydrogen-bond acceptors (Lipinski definition) is 4. The second kappa shape index (κ2) is 4.68. The SMILES string of the molecule is COc1ccc(-c2csc(SC)n2)cc1. The Morgan fingerprint density at radius 1 is 1.27 bits per heavy atom. The van der Waals surface area contributed by atoms with Crippen molar-refractivity contribution in [3.05, 3.63) is 29.6 Å². The lowest BCUT2D eigenvalue weighted by Crippen LogP contribution is -1.82. The highest BCUT2D eigenvalue weighted by molar-refractivity contribution is 8.00. The zero-order valence-electron chi connectivity index (χ0n) is 8.56. The molecular weight excluding hydrogens is 226 g/mol. The van der Waals surface area contributed by atoms with Gasteiger partial charge in [-0.25, -0.2) is 4.98 Å². The fraction of sp³-hybridized carbons (Fsp3) is 0.182. The first-order chi connectivity index (χ1) is 7.33. The summed E-state index contributed by atoms with van der Waals surface area (Å²) in [6.45, 7) is 0. The van der Waals surface area contributed by atoms with Crippen LogP contribution >= 0.6 is 23.1 Å². The Labute approximate surface area is 97.3 Å². The van der Waals surface area contributed by atoms with Gasteiger partial charge in [0, 0.05) is 10.9 Å². The smallest absolute Gasteiger partial charge is 0.150 e. The maximum atomic E-state index is 5.11. The Morgan fingerprint density at radius 2 is 2.00 bits per heavy atom. The number of thiazole rings is 1. The highest BCUT2D eigenvalue weighted by Crippen LogP contribution is 2.27. The molecule has 0 bridgehead atoms. The van der Waals surface area contributed by atoms with Gasteiger partial charge in [-0.3, -0.25) is 0 Å². The second-order valence-corrected chi connectivity index (χ2v) is 4.84. The molecule has 0 N–H and O–H groups in total. The lowest BCUT2D eigenvalue weighted by atomic mass is 10.2. The van der Waals surface area contributed by atoms with Crippen molar-refractivity contribution in [2.75, 3.05) is 13.4 Å². The van der Waals surface area contributed by atoms with Gasteiger partial charge in [-0.2, -0.15) is 0 Å². The first kappa shape index (κ1) is 10.5. The average Bonchev–Trinajstić information content (AvgIpc) is 2.78. The minimum absolute atomic E-state index is 0.874. The van der Waals surface area contributed by atoms with Crippen LogP contribution in [0.5, 0.6) is 5.75 Å². The van der Waals surface area contributed by atoms with Crippen molar-refractivity contribution in [1.82, 2.24) is 4.98 Å². The van der Waals surface area contributed by atoms with Crippen LogP contribution in [0.4, 0.5) is 0 Å². The highest BCUT2D eigenvalue weighted by atomic mass is 32.2. The molecule has 0 saturated carbocycles. The van der Waals surface area contributed by atoms with Gasteiger partial charge in [0.25, 0.3) is 0 Å². The summed E-state index contributed by atoms with van der Waals surface area (Å²) in [6.07, 6.45) is 2.04. The van der Waals surface area contributed by atoms with Crippen LogP contribution in [0, 0.1) is 0 Å². The van der Waals surface area contributed by atoms with E-state index >= 15 is 0 Å². The van der Waals surface area contributed by atoms with Gasteiger partial charge < -0.3 is 4.74 Å². The molecule has 1 heterocycles. The van der Waals surface area contributed by atoms with Crippen LogP contribution in [-0.2, 0) is 0 Å². The summed E-state index contributed by atoms with van der Waals surface area (Å²) in [5.41, 5.74) is 2.17. The van der Waals surface area contributed by atoms with Gasteiger partial charge in [-0.1, -0.05) is 11.8 Å². The van der Waals surface area contributed by atoms with E-state index in [1.54, 1.807) is 30.2 Å². The molecule has 2 rings (SSSR count). The third kappa shape index (κ3) is 2.33. The van der Waals surface area contributed by atoms with Crippen LogP contribution < -0.4 is 4.74 Å². The first-order valence-corrected chi connectivity index (χ1v) is 6.58. The molecule has 15 heavy (non-hydrogen) atoms. The molecule has 1 aromatic carbocycles. The Morgan fingerprint density at radius 3 is 2.53 bits per heavy atom. The number of methoxy groups -OCH3 is 1. The number of aromatic nitrogens is 1. The normalized spacial score (nSPS) is 10.3. The summed E-state index contributed by atoms with van der Waals surface area (Å²) in [5.74, 6) is 0.874. The molecule has 2 aromatic rings. The average molecular weight is 237 g/mol. The highest BCUT2D eigenvalue weighted by Gasteiger charge is 2.03. The molecule has 0 amide bonds. The van der Waals surface area contributed by atoms with E-state index in [-0.39, 0.29) is 0 Å². The summed E-state index contributed by atoms with van der Waals surface area (Å²) in [7, 11) is 1.67. The molecule has 0 fully saturated rings. The van der Waals surface area contributed by atoms with Gasteiger partial charge in [-0.15, -0.1) is 11.3 Å². The molecule has 0 spiro atoms. The van der Waals surface area contributed by atoms with Crippen LogP contribution in [0.1, 0.15) is 0 Å². The second-order valence-electron chi connectivity index (χ2n) is 2.93. The van der Waals surface area contributed by atoms with E-state index in [4.69, 9.17) is 4.74 Å². The first-order valence-electron chi connectivity index (χ1n) is 4.47.